The Morgan fingerprint density at radius 1 is 0.590 bits per heavy atom. The van der Waals surface area contributed by atoms with Gasteiger partial charge >= 0.3 is 23.9 Å². The summed E-state index contributed by atoms with van der Waals surface area (Å²) in [6.45, 7) is 2.53. The number of ketones is 1. The fraction of sp³-hybridized carbons (Fsp3) is 0.778. The molecule has 224 valence electrons. The second kappa shape index (κ2) is 22.8. The van der Waals surface area contributed by atoms with Gasteiger partial charge in [-0.2, -0.15) is 0 Å². The Balaban J connectivity index is 3.97. The van der Waals surface area contributed by atoms with E-state index in [-0.39, 0.29) is 18.7 Å². The van der Waals surface area contributed by atoms with Crippen LogP contribution in [-0.2, 0) is 24.0 Å². The van der Waals surface area contributed by atoms with Crippen molar-refractivity contribution in [2.45, 2.75) is 128 Å². The van der Waals surface area contributed by atoms with E-state index in [4.69, 9.17) is 10.2 Å². The molecule has 3 amide bonds. The van der Waals surface area contributed by atoms with E-state index in [0.717, 1.165) is 38.5 Å². The zero-order chi connectivity index (χ0) is 29.5. The topological polar surface area (TPSA) is 199 Å². The Morgan fingerprint density at radius 2 is 1.10 bits per heavy atom. The molecule has 0 aromatic heterocycles. The van der Waals surface area contributed by atoms with Gasteiger partial charge in [0.05, 0.1) is 0 Å². The van der Waals surface area contributed by atoms with Crippen molar-refractivity contribution >= 4 is 35.6 Å². The summed E-state index contributed by atoms with van der Waals surface area (Å²) in [6.07, 6.45) is 10.9. The van der Waals surface area contributed by atoms with Gasteiger partial charge in [0.1, 0.15) is 17.9 Å². The molecule has 0 radical (unpaired) electrons. The molecule has 2 atom stereocenters. The summed E-state index contributed by atoms with van der Waals surface area (Å²) in [7, 11) is 0. The highest BCUT2D eigenvalue weighted by Gasteiger charge is 2.24. The summed E-state index contributed by atoms with van der Waals surface area (Å²) in [6, 6.07) is -3.74. The van der Waals surface area contributed by atoms with Gasteiger partial charge in [-0.25, -0.2) is 14.4 Å². The molecule has 0 fully saturated rings. The van der Waals surface area contributed by atoms with E-state index in [1.165, 1.54) is 19.3 Å². The molecule has 0 bridgehead atoms. The average Bonchev–Trinajstić information content (AvgIpc) is 2.87. The normalized spacial score (nSPS) is 12.2. The van der Waals surface area contributed by atoms with Gasteiger partial charge in [0, 0.05) is 32.2 Å². The lowest BCUT2D eigenvalue weighted by atomic mass is 10.0. The quantitative estimate of drug-likeness (QED) is 0.0907. The van der Waals surface area contributed by atoms with Gasteiger partial charge in [-0.1, -0.05) is 45.4 Å². The van der Waals surface area contributed by atoms with E-state index >= 15 is 0 Å². The van der Waals surface area contributed by atoms with Crippen molar-refractivity contribution in [1.29, 1.82) is 0 Å². The number of aliphatic carboxylic acids is 3. The first kappa shape index (κ1) is 35.8. The third kappa shape index (κ3) is 21.4. The second-order valence-electron chi connectivity index (χ2n) is 9.79. The summed E-state index contributed by atoms with van der Waals surface area (Å²) in [5.41, 5.74) is 0. The summed E-state index contributed by atoms with van der Waals surface area (Å²) >= 11 is 0. The highest BCUT2D eigenvalue weighted by atomic mass is 16.4. The molecule has 12 heteroatoms. The molecular weight excluding hydrogens is 510 g/mol. The number of urea groups is 1. The Labute approximate surface area is 230 Å². The number of carboxylic acids is 3. The van der Waals surface area contributed by atoms with Crippen LogP contribution >= 0.6 is 0 Å². The minimum Gasteiger partial charge on any atom is -0.481 e. The number of unbranched alkanes of at least 4 members (excludes halogenated alkanes) is 8. The van der Waals surface area contributed by atoms with Gasteiger partial charge in [-0.05, 0) is 44.9 Å². The van der Waals surface area contributed by atoms with Crippen LogP contribution < -0.4 is 16.0 Å². The third-order valence-electron chi connectivity index (χ3n) is 6.26. The van der Waals surface area contributed by atoms with Crippen molar-refractivity contribution in [3.05, 3.63) is 0 Å². The summed E-state index contributed by atoms with van der Waals surface area (Å²) in [5, 5.41) is 34.1. The highest BCUT2D eigenvalue weighted by Crippen LogP contribution is 2.10. The van der Waals surface area contributed by atoms with Crippen LogP contribution in [0.2, 0.25) is 0 Å². The first-order valence-electron chi connectivity index (χ1n) is 14.1. The van der Waals surface area contributed by atoms with Crippen molar-refractivity contribution in [2.75, 3.05) is 6.54 Å². The number of nitrogens with one attached hydrogen (secondary N) is 3. The molecular formula is C27H47N3O9. The molecule has 0 aliphatic rings. The molecule has 39 heavy (non-hydrogen) atoms. The van der Waals surface area contributed by atoms with Crippen LogP contribution in [0.5, 0.6) is 0 Å². The largest absolute Gasteiger partial charge is 0.481 e. The first-order chi connectivity index (χ1) is 18.6. The maximum atomic E-state index is 12.0. The molecule has 0 aliphatic heterocycles. The highest BCUT2D eigenvalue weighted by molar-refractivity contribution is 5.86. The Hall–Kier alpha value is -3.18. The standard InChI is InChI=1S/C27H47N3O9/c1-2-3-4-5-8-13-20(31)14-9-6-7-10-16-23(32)28-19-12-11-15-21(25(35)36)29-27(39)30-22(26(37)38)17-18-24(33)34/h21-22H,2-19H2,1H3,(H,28,32)(H,33,34)(H,35,36)(H,37,38)(H2,29,30,39). The third-order valence-corrected chi connectivity index (χ3v) is 6.26. The maximum absolute atomic E-state index is 12.0. The van der Waals surface area contributed by atoms with Gasteiger partial charge in [0.2, 0.25) is 5.91 Å². The molecule has 12 nitrogen and oxygen atoms in total. The van der Waals surface area contributed by atoms with Crippen LogP contribution in [0, 0.1) is 0 Å². The fourth-order valence-corrected chi connectivity index (χ4v) is 3.94. The second-order valence-corrected chi connectivity index (χ2v) is 9.79. The Kier molecular flexibility index (Phi) is 20.9. The van der Waals surface area contributed by atoms with Crippen molar-refractivity contribution in [2.24, 2.45) is 0 Å². The molecule has 0 aliphatic carbocycles. The van der Waals surface area contributed by atoms with E-state index < -0.39 is 42.4 Å². The van der Waals surface area contributed by atoms with E-state index in [9.17, 15) is 33.9 Å². The lowest BCUT2D eigenvalue weighted by molar-refractivity contribution is -0.141. The summed E-state index contributed by atoms with van der Waals surface area (Å²) in [4.78, 5) is 69.0. The molecule has 0 spiro atoms. The van der Waals surface area contributed by atoms with Gasteiger partial charge in [-0.15, -0.1) is 0 Å². The van der Waals surface area contributed by atoms with Crippen LogP contribution in [-0.4, -0.2) is 69.6 Å². The van der Waals surface area contributed by atoms with Gasteiger partial charge in [-0.3, -0.25) is 14.4 Å². The molecule has 0 saturated carbocycles. The SMILES string of the molecule is CCCCCCCC(=O)CCCCCCC(=O)NCCCCC(NC(=O)NC(CCC(=O)O)C(=O)O)C(=O)O. The molecule has 6 N–H and O–H groups in total. The van der Waals surface area contributed by atoms with Crippen LogP contribution in [0.15, 0.2) is 0 Å². The van der Waals surface area contributed by atoms with Crippen molar-refractivity contribution in [1.82, 2.24) is 16.0 Å². The minimum absolute atomic E-state index is 0.0724. The van der Waals surface area contributed by atoms with Crippen molar-refractivity contribution in [3.8, 4) is 0 Å². The van der Waals surface area contributed by atoms with Crippen molar-refractivity contribution < 1.29 is 44.1 Å². The zero-order valence-electron chi connectivity index (χ0n) is 23.2. The number of amides is 3. The van der Waals surface area contributed by atoms with Crippen LogP contribution in [0.1, 0.15) is 116 Å². The first-order valence-corrected chi connectivity index (χ1v) is 14.1. The number of carbonyl (C=O) groups excluding carboxylic acids is 3. The van der Waals surface area contributed by atoms with E-state index in [0.29, 0.717) is 44.4 Å². The number of hydrogen-bond acceptors (Lipinski definition) is 6. The van der Waals surface area contributed by atoms with E-state index in [2.05, 4.69) is 22.9 Å². The number of rotatable bonds is 25. The fourth-order valence-electron chi connectivity index (χ4n) is 3.94. The smallest absolute Gasteiger partial charge is 0.326 e. The molecule has 0 heterocycles. The summed E-state index contributed by atoms with van der Waals surface area (Å²) < 4.78 is 0. The minimum atomic E-state index is -1.46. The summed E-state index contributed by atoms with van der Waals surface area (Å²) in [5.74, 6) is -3.70. The predicted molar refractivity (Wildman–Crippen MR) is 144 cm³/mol. The number of hydrogen-bond donors (Lipinski definition) is 6. The van der Waals surface area contributed by atoms with Gasteiger partial charge < -0.3 is 31.3 Å². The van der Waals surface area contributed by atoms with Gasteiger partial charge in [0.25, 0.3) is 0 Å². The van der Waals surface area contributed by atoms with E-state index in [1.54, 1.807) is 0 Å². The molecule has 0 aromatic rings. The van der Waals surface area contributed by atoms with Crippen LogP contribution in [0.25, 0.3) is 0 Å². The molecule has 0 aromatic carbocycles. The maximum Gasteiger partial charge on any atom is 0.326 e. The Bertz CT molecular complexity index is 774. The number of Topliss-reactive ketones (excluding diaryl/α,β-unsaturated/α-hetero) is 1. The number of carboxylic acid groups (broad SMARTS) is 3. The molecule has 2 unspecified atom stereocenters. The average molecular weight is 558 g/mol. The zero-order valence-corrected chi connectivity index (χ0v) is 23.2. The van der Waals surface area contributed by atoms with Crippen LogP contribution in [0.4, 0.5) is 4.79 Å². The monoisotopic (exact) mass is 557 g/mol. The number of carbonyl (C=O) groups is 6. The van der Waals surface area contributed by atoms with Crippen LogP contribution in [0.3, 0.4) is 0 Å². The van der Waals surface area contributed by atoms with Crippen molar-refractivity contribution in [3.63, 3.8) is 0 Å². The Morgan fingerprint density at radius 3 is 1.62 bits per heavy atom. The van der Waals surface area contributed by atoms with Gasteiger partial charge in [0.15, 0.2) is 0 Å². The lowest BCUT2D eigenvalue weighted by Crippen LogP contribution is -2.51. The van der Waals surface area contributed by atoms with E-state index in [1.807, 2.05) is 0 Å². The molecule has 0 saturated heterocycles. The predicted octanol–water partition coefficient (Wildman–Crippen LogP) is 3.61. The lowest BCUT2D eigenvalue weighted by Gasteiger charge is -2.18. The molecule has 0 rings (SSSR count).